The predicted molar refractivity (Wildman–Crippen MR) is 43.1 cm³/mol. The quantitative estimate of drug-likeness (QED) is 0.654. The van der Waals surface area contributed by atoms with Crippen LogP contribution in [0.2, 0.25) is 0 Å². The van der Waals surface area contributed by atoms with E-state index in [-0.39, 0.29) is 12.5 Å². The summed E-state index contributed by atoms with van der Waals surface area (Å²) in [5, 5.41) is 2.70. The molecule has 0 aromatic heterocycles. The Bertz CT molecular complexity index is 300. The van der Waals surface area contributed by atoms with Crippen molar-refractivity contribution in [3.05, 3.63) is 18.2 Å². The molecule has 0 aromatic rings. The summed E-state index contributed by atoms with van der Waals surface area (Å²) in [5.74, 6) is -0.129. The fourth-order valence-corrected chi connectivity index (χ4v) is 1.13. The first kappa shape index (κ1) is 6.37. The Labute approximate surface area is 64.2 Å². The molecule has 1 amide bonds. The lowest BCUT2D eigenvalue weighted by Gasteiger charge is -1.92. The molecule has 0 aliphatic heterocycles. The molecule has 0 fully saturated rings. The maximum Gasteiger partial charge on any atom is 0.238 e. The number of rotatable bonds is 2. The van der Waals surface area contributed by atoms with Gasteiger partial charge < -0.3 is 11.1 Å². The Morgan fingerprint density at radius 1 is 1.45 bits per heavy atom. The van der Waals surface area contributed by atoms with Crippen LogP contribution in [0, 0.1) is 0 Å². The van der Waals surface area contributed by atoms with Gasteiger partial charge in [0.25, 0.3) is 0 Å². The van der Waals surface area contributed by atoms with E-state index < -0.39 is 0 Å². The summed E-state index contributed by atoms with van der Waals surface area (Å²) in [7, 11) is 0. The second-order valence-corrected chi connectivity index (χ2v) is 2.48. The molecule has 0 saturated heterocycles. The van der Waals surface area contributed by atoms with Crippen LogP contribution in [-0.4, -0.2) is 12.5 Å². The second-order valence-electron chi connectivity index (χ2n) is 2.48. The van der Waals surface area contributed by atoms with E-state index in [9.17, 15) is 4.79 Å². The Morgan fingerprint density at radius 2 is 2.09 bits per heavy atom. The number of carbonyl (C=O) groups excluding carboxylic acids is 1. The highest BCUT2D eigenvalue weighted by molar-refractivity contribution is 6.12. The number of hydrogen-bond donors (Lipinski definition) is 2. The Morgan fingerprint density at radius 3 is 2.64 bits per heavy atom. The van der Waals surface area contributed by atoms with E-state index >= 15 is 0 Å². The van der Waals surface area contributed by atoms with Gasteiger partial charge in [-0.2, -0.15) is 0 Å². The van der Waals surface area contributed by atoms with E-state index in [1.807, 2.05) is 18.2 Å². The van der Waals surface area contributed by atoms with Gasteiger partial charge in [-0.3, -0.25) is 4.79 Å². The van der Waals surface area contributed by atoms with Crippen molar-refractivity contribution < 1.29 is 4.79 Å². The molecule has 11 heavy (non-hydrogen) atoms. The molecular formula is C8H8N2O. The summed E-state index contributed by atoms with van der Waals surface area (Å²) in [6, 6.07) is 5.91. The average Bonchev–Trinajstić information content (AvgIpc) is 2.52. The molecule has 0 heterocycles. The first-order valence-electron chi connectivity index (χ1n) is 3.46. The monoisotopic (exact) mass is 148 g/mol. The van der Waals surface area contributed by atoms with Gasteiger partial charge >= 0.3 is 0 Å². The summed E-state index contributed by atoms with van der Waals surface area (Å²) in [4.78, 5) is 10.8. The van der Waals surface area contributed by atoms with Crippen LogP contribution in [-0.2, 0) is 4.79 Å². The third-order valence-corrected chi connectivity index (χ3v) is 1.74. The van der Waals surface area contributed by atoms with Crippen LogP contribution in [0.4, 0.5) is 5.69 Å². The lowest BCUT2D eigenvalue weighted by atomic mass is 10.5. The summed E-state index contributed by atoms with van der Waals surface area (Å²) >= 11 is 0. The lowest BCUT2D eigenvalue weighted by molar-refractivity contribution is -0.114. The molecule has 2 rings (SSSR count). The normalized spacial score (nSPS) is 11.0. The van der Waals surface area contributed by atoms with Crippen molar-refractivity contribution >= 4 is 11.6 Å². The Kier molecular flexibility index (Phi) is 1.20. The predicted octanol–water partition coefficient (Wildman–Crippen LogP) is 0.564. The smallest absolute Gasteiger partial charge is 0.238 e. The molecule has 3 nitrogen and oxygen atoms in total. The van der Waals surface area contributed by atoms with Crippen molar-refractivity contribution in [3.63, 3.8) is 0 Å². The van der Waals surface area contributed by atoms with Crippen molar-refractivity contribution in [3.8, 4) is 11.1 Å². The van der Waals surface area contributed by atoms with Gasteiger partial charge in [-0.1, -0.05) is 18.2 Å². The molecule has 0 bridgehead atoms. The summed E-state index contributed by atoms with van der Waals surface area (Å²) < 4.78 is 0. The third-order valence-electron chi connectivity index (χ3n) is 1.74. The van der Waals surface area contributed by atoms with E-state index in [1.54, 1.807) is 0 Å². The van der Waals surface area contributed by atoms with E-state index in [0.717, 1.165) is 16.8 Å². The van der Waals surface area contributed by atoms with Gasteiger partial charge in [0.2, 0.25) is 5.91 Å². The number of nitrogens with one attached hydrogen (secondary N) is 1. The van der Waals surface area contributed by atoms with E-state index in [0.29, 0.717) is 0 Å². The minimum absolute atomic E-state index is 0.0494. The third kappa shape index (κ3) is 0.897. The van der Waals surface area contributed by atoms with Crippen molar-refractivity contribution in [1.29, 1.82) is 0 Å². The van der Waals surface area contributed by atoms with Crippen LogP contribution in [0.5, 0.6) is 0 Å². The molecule has 0 atom stereocenters. The average molecular weight is 148 g/mol. The number of para-hydroxylation sites is 1. The van der Waals surface area contributed by atoms with Crippen LogP contribution in [0.3, 0.4) is 0 Å². The minimum atomic E-state index is -0.129. The minimum Gasteiger partial charge on any atom is -0.324 e. The Balaban J connectivity index is 2.08. The zero-order valence-corrected chi connectivity index (χ0v) is 5.92. The lowest BCUT2D eigenvalue weighted by Crippen LogP contribution is -2.20. The Hall–Kier alpha value is -1.35. The zero-order valence-electron chi connectivity index (χ0n) is 5.92. The number of amides is 1. The highest BCUT2D eigenvalue weighted by Gasteiger charge is 2.24. The van der Waals surface area contributed by atoms with Gasteiger partial charge in [0, 0.05) is 11.1 Å². The van der Waals surface area contributed by atoms with E-state index in [2.05, 4.69) is 5.32 Å². The molecule has 2 aliphatic rings. The van der Waals surface area contributed by atoms with Crippen LogP contribution >= 0.6 is 0 Å². The number of hydrogen-bond acceptors (Lipinski definition) is 2. The summed E-state index contributed by atoms with van der Waals surface area (Å²) in [6.45, 7) is 0.0494. The molecule has 0 aromatic carbocycles. The maximum absolute atomic E-state index is 10.8. The van der Waals surface area contributed by atoms with Gasteiger partial charge in [0.05, 0.1) is 12.2 Å². The van der Waals surface area contributed by atoms with Gasteiger partial charge in [-0.25, -0.2) is 0 Å². The topological polar surface area (TPSA) is 55.1 Å². The molecule has 0 spiro atoms. The van der Waals surface area contributed by atoms with Gasteiger partial charge in [0.15, 0.2) is 0 Å². The SMILES string of the molecule is NCC(=O)Nc1c2cccc1-2. The molecule has 0 radical (unpaired) electrons. The number of nitrogens with two attached hydrogens (primary N) is 1. The molecular weight excluding hydrogens is 140 g/mol. The van der Waals surface area contributed by atoms with E-state index in [1.165, 1.54) is 0 Å². The summed E-state index contributed by atoms with van der Waals surface area (Å²) in [6.07, 6.45) is 0. The number of benzene rings is 1. The first-order chi connectivity index (χ1) is 5.33. The van der Waals surface area contributed by atoms with Crippen molar-refractivity contribution in [2.75, 3.05) is 11.9 Å². The maximum atomic E-state index is 10.8. The molecule has 0 saturated carbocycles. The zero-order chi connectivity index (χ0) is 7.84. The number of anilines is 1. The van der Waals surface area contributed by atoms with Gasteiger partial charge in [-0.05, 0) is 0 Å². The van der Waals surface area contributed by atoms with Crippen LogP contribution in [0.25, 0.3) is 11.1 Å². The molecule has 2 aliphatic carbocycles. The van der Waals surface area contributed by atoms with Crippen molar-refractivity contribution in [1.82, 2.24) is 0 Å². The van der Waals surface area contributed by atoms with Crippen molar-refractivity contribution in [2.45, 2.75) is 0 Å². The molecule has 3 N–H and O–H groups in total. The van der Waals surface area contributed by atoms with Gasteiger partial charge in [-0.15, -0.1) is 0 Å². The second kappa shape index (κ2) is 2.07. The molecule has 56 valence electrons. The largest absolute Gasteiger partial charge is 0.324 e. The number of fused-ring (bicyclic) bond motifs is 1. The standard InChI is InChI=1S/C8H8N2O/c9-4-7(11)10-8-5-2-1-3-6(5)8/h1-3H,4,9H2,(H,10,11). The van der Waals surface area contributed by atoms with Gasteiger partial charge in [0.1, 0.15) is 0 Å². The van der Waals surface area contributed by atoms with Crippen LogP contribution in [0.15, 0.2) is 18.2 Å². The van der Waals surface area contributed by atoms with Crippen LogP contribution in [0.1, 0.15) is 0 Å². The van der Waals surface area contributed by atoms with Crippen LogP contribution < -0.4 is 11.1 Å². The molecule has 0 unspecified atom stereocenters. The first-order valence-corrected chi connectivity index (χ1v) is 3.46. The fourth-order valence-electron chi connectivity index (χ4n) is 1.13. The fraction of sp³-hybridized carbons (Fsp3) is 0.125. The van der Waals surface area contributed by atoms with Crippen molar-refractivity contribution in [2.24, 2.45) is 5.73 Å². The highest BCUT2D eigenvalue weighted by atomic mass is 16.1. The van der Waals surface area contributed by atoms with E-state index in [4.69, 9.17) is 5.73 Å². The summed E-state index contributed by atoms with van der Waals surface area (Å²) in [5.41, 5.74) is 8.36. The molecule has 3 heteroatoms. The highest BCUT2D eigenvalue weighted by Crippen LogP contribution is 2.48. The number of carbonyl (C=O) groups is 1.